The molecule has 0 spiro atoms. The predicted octanol–water partition coefficient (Wildman–Crippen LogP) is 1.58. The maximum absolute atomic E-state index is 12.4. The van der Waals surface area contributed by atoms with Gasteiger partial charge in [-0.15, -0.1) is 0 Å². The Balaban J connectivity index is 1.31. The lowest BCUT2D eigenvalue weighted by molar-refractivity contribution is 0.183. The number of hydrogen-bond acceptors (Lipinski definition) is 2. The first-order chi connectivity index (χ1) is 9.65. The van der Waals surface area contributed by atoms with Crippen LogP contribution in [0, 0.1) is 23.7 Å². The molecule has 2 bridgehead atoms. The highest BCUT2D eigenvalue weighted by atomic mass is 32.2. The fourth-order valence-electron chi connectivity index (χ4n) is 5.10. The van der Waals surface area contributed by atoms with Crippen molar-refractivity contribution in [2.75, 3.05) is 18.6 Å². The molecule has 20 heavy (non-hydrogen) atoms. The third-order valence-electron chi connectivity index (χ3n) is 6.25. The fraction of sp³-hybridized carbons (Fsp3) is 0.933. The average Bonchev–Trinajstić information content (AvgIpc) is 2.84. The second-order valence-electron chi connectivity index (χ2n) is 7.15. The molecule has 0 aromatic rings. The van der Waals surface area contributed by atoms with Gasteiger partial charge in [0.15, 0.2) is 0 Å². The zero-order chi connectivity index (χ0) is 13.9. The van der Waals surface area contributed by atoms with Crippen LogP contribution in [0.2, 0.25) is 0 Å². The van der Waals surface area contributed by atoms with Crippen LogP contribution in [-0.4, -0.2) is 45.8 Å². The molecule has 4 atom stereocenters. The van der Waals surface area contributed by atoms with Gasteiger partial charge in [-0.1, -0.05) is 0 Å². The molecule has 4 rings (SSSR count). The molecular weight excluding hydrogens is 272 g/mol. The number of rotatable bonds is 2. The van der Waals surface area contributed by atoms with Crippen molar-refractivity contribution in [3.05, 3.63) is 0 Å². The number of hydrogen-bond donors (Lipinski definition) is 1. The Morgan fingerprint density at radius 3 is 2.30 bits per heavy atom. The van der Waals surface area contributed by atoms with Crippen LogP contribution in [0.3, 0.4) is 0 Å². The van der Waals surface area contributed by atoms with Crippen LogP contribution in [-0.2, 0) is 10.8 Å². The van der Waals surface area contributed by atoms with Crippen LogP contribution in [0.25, 0.3) is 0 Å². The van der Waals surface area contributed by atoms with E-state index in [4.69, 9.17) is 0 Å². The molecule has 1 aliphatic heterocycles. The summed E-state index contributed by atoms with van der Waals surface area (Å²) in [6.45, 7) is 0. The van der Waals surface area contributed by atoms with Crippen molar-refractivity contribution in [2.24, 2.45) is 23.7 Å². The van der Waals surface area contributed by atoms with E-state index < -0.39 is 10.8 Å². The van der Waals surface area contributed by atoms with Gasteiger partial charge in [-0.05, 0) is 55.8 Å². The van der Waals surface area contributed by atoms with Crippen molar-refractivity contribution in [1.29, 1.82) is 0 Å². The summed E-state index contributed by atoms with van der Waals surface area (Å²) in [4.78, 5) is 14.2. The first-order valence-corrected chi connectivity index (χ1v) is 9.52. The van der Waals surface area contributed by atoms with Gasteiger partial charge in [0.05, 0.1) is 0 Å². The lowest BCUT2D eigenvalue weighted by atomic mass is 10.0. The Morgan fingerprint density at radius 1 is 1.10 bits per heavy atom. The van der Waals surface area contributed by atoms with E-state index in [1.54, 1.807) is 0 Å². The van der Waals surface area contributed by atoms with E-state index in [9.17, 15) is 9.00 Å². The highest BCUT2D eigenvalue weighted by Crippen LogP contribution is 2.65. The maximum Gasteiger partial charge on any atom is 0.317 e. The lowest BCUT2D eigenvalue weighted by Crippen LogP contribution is -2.47. The highest BCUT2D eigenvalue weighted by Gasteiger charge is 2.65. The van der Waals surface area contributed by atoms with Crippen LogP contribution in [0.5, 0.6) is 0 Å². The van der Waals surface area contributed by atoms with Gasteiger partial charge in [0, 0.05) is 41.4 Å². The van der Waals surface area contributed by atoms with Crippen LogP contribution in [0.4, 0.5) is 4.79 Å². The quantitative estimate of drug-likeness (QED) is 0.841. The van der Waals surface area contributed by atoms with E-state index in [1.807, 2.05) is 11.9 Å². The summed E-state index contributed by atoms with van der Waals surface area (Å²) in [5.41, 5.74) is 0. The van der Waals surface area contributed by atoms with Gasteiger partial charge >= 0.3 is 6.03 Å². The van der Waals surface area contributed by atoms with E-state index in [2.05, 4.69) is 5.32 Å². The summed E-state index contributed by atoms with van der Waals surface area (Å²) in [5, 5.41) is 3.28. The summed E-state index contributed by atoms with van der Waals surface area (Å²) < 4.78 is 11.4. The number of nitrogens with one attached hydrogen (secondary N) is 1. The normalized spacial score (nSPS) is 48.8. The van der Waals surface area contributed by atoms with Crippen LogP contribution in [0.1, 0.15) is 32.1 Å². The van der Waals surface area contributed by atoms with Crippen molar-refractivity contribution >= 4 is 16.8 Å². The van der Waals surface area contributed by atoms with Gasteiger partial charge in [0.25, 0.3) is 0 Å². The lowest BCUT2D eigenvalue weighted by Gasteiger charge is -2.31. The molecule has 2 amide bonds. The zero-order valence-corrected chi connectivity index (χ0v) is 12.9. The number of carbonyl (C=O) groups excluding carboxylic acids is 1. The third-order valence-corrected chi connectivity index (χ3v) is 7.63. The van der Waals surface area contributed by atoms with Crippen molar-refractivity contribution in [3.63, 3.8) is 0 Å². The Morgan fingerprint density at radius 2 is 1.70 bits per heavy atom. The summed E-state index contributed by atoms with van der Waals surface area (Å²) in [5.74, 6) is 4.90. The van der Waals surface area contributed by atoms with Gasteiger partial charge in [0.2, 0.25) is 0 Å². The second kappa shape index (κ2) is 4.72. The highest BCUT2D eigenvalue weighted by molar-refractivity contribution is 7.85. The molecule has 1 heterocycles. The van der Waals surface area contributed by atoms with Gasteiger partial charge < -0.3 is 10.2 Å². The van der Waals surface area contributed by atoms with Crippen LogP contribution >= 0.6 is 0 Å². The second-order valence-corrected chi connectivity index (χ2v) is 8.85. The van der Waals surface area contributed by atoms with Crippen LogP contribution < -0.4 is 5.32 Å². The van der Waals surface area contributed by atoms with Gasteiger partial charge in [-0.3, -0.25) is 4.21 Å². The molecule has 0 radical (unpaired) electrons. The number of urea groups is 1. The molecule has 1 saturated heterocycles. The van der Waals surface area contributed by atoms with Crippen LogP contribution in [0.15, 0.2) is 0 Å². The first-order valence-electron chi connectivity index (χ1n) is 8.03. The average molecular weight is 296 g/mol. The van der Waals surface area contributed by atoms with Crippen molar-refractivity contribution in [2.45, 2.75) is 44.2 Å². The minimum Gasteiger partial charge on any atom is -0.335 e. The Bertz CT molecular complexity index is 429. The SMILES string of the molecule is CN(C(=O)NC1C2C3CCC(C3)C12)C1CCS(=O)CC1. The van der Waals surface area contributed by atoms with Gasteiger partial charge in [0.1, 0.15) is 0 Å². The molecule has 5 heteroatoms. The third kappa shape index (κ3) is 2.00. The monoisotopic (exact) mass is 296 g/mol. The minimum atomic E-state index is -0.652. The van der Waals surface area contributed by atoms with E-state index in [0.29, 0.717) is 6.04 Å². The molecule has 1 N–H and O–H groups in total. The molecule has 3 aliphatic carbocycles. The predicted molar refractivity (Wildman–Crippen MR) is 78.8 cm³/mol. The molecule has 4 unspecified atom stereocenters. The van der Waals surface area contributed by atoms with Gasteiger partial charge in [-0.2, -0.15) is 0 Å². The van der Waals surface area contributed by atoms with Crippen molar-refractivity contribution in [1.82, 2.24) is 10.2 Å². The summed E-state index contributed by atoms with van der Waals surface area (Å²) in [7, 11) is 1.25. The smallest absolute Gasteiger partial charge is 0.317 e. The van der Waals surface area contributed by atoms with E-state index in [1.165, 1.54) is 19.3 Å². The Labute approximate surface area is 123 Å². The van der Waals surface area contributed by atoms with Gasteiger partial charge in [-0.25, -0.2) is 4.79 Å². The Kier molecular flexibility index (Phi) is 3.09. The van der Waals surface area contributed by atoms with E-state index >= 15 is 0 Å². The minimum absolute atomic E-state index is 0.0986. The molecule has 4 fully saturated rings. The van der Waals surface area contributed by atoms with Crippen molar-refractivity contribution < 1.29 is 9.00 Å². The van der Waals surface area contributed by atoms with Crippen molar-refractivity contribution in [3.8, 4) is 0 Å². The molecule has 4 aliphatic rings. The summed E-state index contributed by atoms with van der Waals surface area (Å²) in [6, 6.07) is 0.846. The first kappa shape index (κ1) is 13.1. The standard InChI is InChI=1S/C15H24N2O2S/c1-17(11-4-6-20(19)7-5-11)15(18)16-14-12-9-2-3-10(8-9)13(12)14/h9-14H,2-8H2,1H3,(H,16,18). The molecule has 112 valence electrons. The number of carbonyl (C=O) groups is 1. The molecule has 4 nitrogen and oxygen atoms in total. The number of nitrogens with zero attached hydrogens (tertiary/aromatic N) is 1. The largest absolute Gasteiger partial charge is 0.335 e. The number of amides is 2. The maximum atomic E-state index is 12.4. The summed E-state index contributed by atoms with van der Waals surface area (Å²) >= 11 is 0. The topological polar surface area (TPSA) is 49.4 Å². The zero-order valence-electron chi connectivity index (χ0n) is 12.1. The van der Waals surface area contributed by atoms with E-state index in [-0.39, 0.29) is 12.1 Å². The number of fused-ring (bicyclic) bond motifs is 5. The molecule has 0 aromatic heterocycles. The molecular formula is C15H24N2O2S. The molecule has 3 saturated carbocycles. The summed E-state index contributed by atoms with van der Waals surface area (Å²) in [6.07, 6.45) is 5.98. The Hall–Kier alpha value is -0.580. The fourth-order valence-corrected chi connectivity index (χ4v) is 6.37. The molecule has 0 aromatic carbocycles. The van der Waals surface area contributed by atoms with E-state index in [0.717, 1.165) is 48.0 Å².